The van der Waals surface area contributed by atoms with Crippen LogP contribution in [0.1, 0.15) is 12.7 Å². The fourth-order valence-corrected chi connectivity index (χ4v) is 3.71. The van der Waals surface area contributed by atoms with Crippen LogP contribution >= 0.6 is 11.8 Å². The van der Waals surface area contributed by atoms with Gasteiger partial charge in [-0.1, -0.05) is 42.5 Å². The van der Waals surface area contributed by atoms with Crippen molar-refractivity contribution in [3.63, 3.8) is 0 Å². The maximum atomic E-state index is 12.7. The number of carbonyl (C=O) groups excluding carboxylic acids is 1. The summed E-state index contributed by atoms with van der Waals surface area (Å²) in [5, 5.41) is 5.32. The van der Waals surface area contributed by atoms with Gasteiger partial charge in [-0.05, 0) is 19.1 Å². The van der Waals surface area contributed by atoms with Gasteiger partial charge in [0, 0.05) is 10.9 Å². The molecule has 0 bridgehead atoms. The Morgan fingerprint density at radius 1 is 1.07 bits per heavy atom. The average molecular weight is 406 g/mol. The van der Waals surface area contributed by atoms with Crippen molar-refractivity contribution >= 4 is 34.3 Å². The number of benzene rings is 2. The zero-order chi connectivity index (χ0) is 20.2. The van der Waals surface area contributed by atoms with Crippen molar-refractivity contribution in [2.45, 2.75) is 12.7 Å². The highest BCUT2D eigenvalue weighted by Crippen LogP contribution is 2.21. The number of rotatable bonds is 6. The number of hydrogen-bond donors (Lipinski definition) is 0. The third-order valence-electron chi connectivity index (χ3n) is 4.25. The summed E-state index contributed by atoms with van der Waals surface area (Å²) in [5.41, 5.74) is 1.74. The van der Waals surface area contributed by atoms with Gasteiger partial charge < -0.3 is 4.74 Å². The number of ether oxygens (including phenoxy) is 1. The van der Waals surface area contributed by atoms with Crippen LogP contribution < -0.4 is 5.56 Å². The van der Waals surface area contributed by atoms with Gasteiger partial charge in [0.1, 0.15) is 5.82 Å². The van der Waals surface area contributed by atoms with E-state index >= 15 is 0 Å². The number of esters is 1. The van der Waals surface area contributed by atoms with E-state index in [1.165, 1.54) is 11.8 Å². The SMILES string of the molecule is CCOC(=O)CSCc1nc2ccccc2c2nc(=O)c(-c3ccccc3)nn12. The zero-order valence-corrected chi connectivity index (χ0v) is 16.6. The summed E-state index contributed by atoms with van der Waals surface area (Å²) in [6.07, 6.45) is 0. The van der Waals surface area contributed by atoms with Crippen LogP contribution in [-0.2, 0) is 15.3 Å². The normalized spacial score (nSPS) is 11.1. The molecule has 7 nitrogen and oxygen atoms in total. The summed E-state index contributed by atoms with van der Waals surface area (Å²) < 4.78 is 6.58. The highest BCUT2D eigenvalue weighted by molar-refractivity contribution is 7.99. The average Bonchev–Trinajstić information content (AvgIpc) is 2.74. The molecule has 0 N–H and O–H groups in total. The molecule has 0 aliphatic heterocycles. The Balaban J connectivity index is 1.83. The Bertz CT molecular complexity index is 1240. The number of para-hydroxylation sites is 1. The maximum absolute atomic E-state index is 12.7. The maximum Gasteiger partial charge on any atom is 0.315 e. The van der Waals surface area contributed by atoms with Crippen LogP contribution in [0, 0.1) is 0 Å². The molecule has 0 atom stereocenters. The van der Waals surface area contributed by atoms with Crippen LogP contribution in [0.25, 0.3) is 27.8 Å². The summed E-state index contributed by atoms with van der Waals surface area (Å²) in [6, 6.07) is 16.7. The third kappa shape index (κ3) is 3.97. The first-order valence-corrected chi connectivity index (χ1v) is 10.3. The van der Waals surface area contributed by atoms with Crippen molar-refractivity contribution in [1.29, 1.82) is 0 Å². The van der Waals surface area contributed by atoms with E-state index in [0.29, 0.717) is 29.4 Å². The van der Waals surface area contributed by atoms with Crippen LogP contribution in [0.15, 0.2) is 59.4 Å². The van der Waals surface area contributed by atoms with Crippen molar-refractivity contribution in [2.75, 3.05) is 12.4 Å². The topological polar surface area (TPSA) is 86.5 Å². The van der Waals surface area contributed by atoms with Crippen LogP contribution in [0.2, 0.25) is 0 Å². The molecule has 0 unspecified atom stereocenters. The van der Waals surface area contributed by atoms with Crippen LogP contribution in [0.5, 0.6) is 0 Å². The third-order valence-corrected chi connectivity index (χ3v) is 5.16. The minimum Gasteiger partial charge on any atom is -0.465 e. The van der Waals surface area contributed by atoms with E-state index < -0.39 is 5.56 Å². The molecule has 4 aromatic rings. The van der Waals surface area contributed by atoms with Crippen molar-refractivity contribution in [3.8, 4) is 11.3 Å². The first-order chi connectivity index (χ1) is 14.2. The largest absolute Gasteiger partial charge is 0.465 e. The monoisotopic (exact) mass is 406 g/mol. The summed E-state index contributed by atoms with van der Waals surface area (Å²) >= 11 is 1.38. The first-order valence-electron chi connectivity index (χ1n) is 9.15. The van der Waals surface area contributed by atoms with Crippen molar-refractivity contribution in [1.82, 2.24) is 19.6 Å². The molecule has 2 heterocycles. The quantitative estimate of drug-likeness (QED) is 0.359. The van der Waals surface area contributed by atoms with E-state index in [0.717, 1.165) is 10.9 Å². The number of hydrogen-bond acceptors (Lipinski definition) is 7. The van der Waals surface area contributed by atoms with Gasteiger partial charge in [-0.25, -0.2) is 4.98 Å². The molecule has 2 aromatic heterocycles. The second-order valence-corrected chi connectivity index (χ2v) is 7.20. The molecule has 0 fully saturated rings. The summed E-state index contributed by atoms with van der Waals surface area (Å²) in [4.78, 5) is 33.4. The highest BCUT2D eigenvalue weighted by Gasteiger charge is 2.15. The first kappa shape index (κ1) is 19.1. The Morgan fingerprint density at radius 2 is 1.83 bits per heavy atom. The molecule has 2 aromatic carbocycles. The number of thioether (sulfide) groups is 1. The molecule has 0 aliphatic carbocycles. The van der Waals surface area contributed by atoms with Crippen LogP contribution in [0.4, 0.5) is 0 Å². The predicted octanol–water partition coefficient (Wildman–Crippen LogP) is 3.10. The summed E-state index contributed by atoms with van der Waals surface area (Å²) in [5.74, 6) is 0.970. The van der Waals surface area contributed by atoms with Gasteiger partial charge in [0.05, 0.1) is 23.6 Å². The molecular weight excluding hydrogens is 388 g/mol. The van der Waals surface area contributed by atoms with Gasteiger partial charge in [0.15, 0.2) is 11.3 Å². The lowest BCUT2D eigenvalue weighted by atomic mass is 10.2. The van der Waals surface area contributed by atoms with E-state index in [4.69, 9.17) is 9.72 Å². The fraction of sp³-hybridized carbons (Fsp3) is 0.190. The molecule has 29 heavy (non-hydrogen) atoms. The van der Waals surface area contributed by atoms with Gasteiger partial charge >= 0.3 is 5.97 Å². The molecule has 4 rings (SSSR count). The lowest BCUT2D eigenvalue weighted by molar-refractivity contribution is -0.139. The standard InChI is InChI=1S/C21H18N4O3S/c1-2-28-18(26)13-29-12-17-22-16-11-7-6-10-15(16)20-23-21(27)19(24-25(17)20)14-8-4-3-5-9-14/h3-11H,2,12-13H2,1H3. The van der Waals surface area contributed by atoms with Crippen molar-refractivity contribution in [2.24, 2.45) is 0 Å². The number of fused-ring (bicyclic) bond motifs is 3. The molecule has 0 amide bonds. The van der Waals surface area contributed by atoms with Gasteiger partial charge in [0.2, 0.25) is 0 Å². The highest BCUT2D eigenvalue weighted by atomic mass is 32.2. The van der Waals surface area contributed by atoms with Gasteiger partial charge in [-0.3, -0.25) is 9.59 Å². The number of nitrogens with zero attached hydrogens (tertiary/aromatic N) is 4. The molecular formula is C21H18N4O3S. The zero-order valence-electron chi connectivity index (χ0n) is 15.7. The Kier molecular flexibility index (Phi) is 5.53. The summed E-state index contributed by atoms with van der Waals surface area (Å²) in [6.45, 7) is 2.13. The van der Waals surface area contributed by atoms with E-state index in [1.54, 1.807) is 11.4 Å². The summed E-state index contributed by atoms with van der Waals surface area (Å²) in [7, 11) is 0. The predicted molar refractivity (Wildman–Crippen MR) is 113 cm³/mol. The molecule has 8 heteroatoms. The fourth-order valence-electron chi connectivity index (χ4n) is 2.99. The van der Waals surface area contributed by atoms with Crippen molar-refractivity contribution < 1.29 is 9.53 Å². The van der Waals surface area contributed by atoms with Gasteiger partial charge in [-0.2, -0.15) is 14.6 Å². The lowest BCUT2D eigenvalue weighted by Gasteiger charge is -2.11. The van der Waals surface area contributed by atoms with E-state index in [-0.39, 0.29) is 17.4 Å². The second-order valence-electron chi connectivity index (χ2n) is 6.21. The van der Waals surface area contributed by atoms with E-state index in [2.05, 4.69) is 10.1 Å². The minimum absolute atomic E-state index is 0.211. The van der Waals surface area contributed by atoms with Crippen LogP contribution in [0.3, 0.4) is 0 Å². The molecule has 0 aliphatic rings. The molecule has 0 saturated carbocycles. The van der Waals surface area contributed by atoms with E-state index in [1.807, 2.05) is 54.6 Å². The van der Waals surface area contributed by atoms with Crippen LogP contribution in [-0.4, -0.2) is 37.9 Å². The Morgan fingerprint density at radius 3 is 2.62 bits per heavy atom. The van der Waals surface area contributed by atoms with Crippen molar-refractivity contribution in [3.05, 3.63) is 70.8 Å². The van der Waals surface area contributed by atoms with Gasteiger partial charge in [-0.15, -0.1) is 11.8 Å². The van der Waals surface area contributed by atoms with E-state index in [9.17, 15) is 9.59 Å². The Hall–Kier alpha value is -3.26. The number of carbonyl (C=O) groups is 1. The minimum atomic E-state index is -0.391. The molecule has 0 spiro atoms. The second kappa shape index (κ2) is 8.40. The molecule has 0 saturated heterocycles. The molecule has 0 radical (unpaired) electrons. The van der Waals surface area contributed by atoms with Gasteiger partial charge in [0.25, 0.3) is 5.56 Å². The lowest BCUT2D eigenvalue weighted by Crippen LogP contribution is -2.19. The Labute approximate surface area is 170 Å². The number of aromatic nitrogens is 4. The smallest absolute Gasteiger partial charge is 0.315 e. The molecule has 146 valence electrons.